The summed E-state index contributed by atoms with van der Waals surface area (Å²) in [7, 11) is 0. The highest BCUT2D eigenvalue weighted by atomic mass is 16.2. The van der Waals surface area contributed by atoms with Gasteiger partial charge in [-0.1, -0.05) is 0 Å². The molecule has 0 aliphatic heterocycles. The number of H-pyrrole nitrogens is 2. The zero-order chi connectivity index (χ0) is 13.1. The average molecular weight is 247 g/mol. The molecule has 0 unspecified atom stereocenters. The van der Waals surface area contributed by atoms with E-state index in [-0.39, 0.29) is 17.2 Å². The normalized spacial score (nSPS) is 10.3. The third kappa shape index (κ3) is 2.45. The lowest BCUT2D eigenvalue weighted by atomic mass is 10.2. The van der Waals surface area contributed by atoms with Gasteiger partial charge in [0, 0.05) is 24.0 Å². The van der Waals surface area contributed by atoms with Gasteiger partial charge in [-0.25, -0.2) is 4.98 Å². The molecule has 0 fully saturated rings. The van der Waals surface area contributed by atoms with Gasteiger partial charge in [-0.05, 0) is 13.8 Å². The van der Waals surface area contributed by atoms with Crippen molar-refractivity contribution < 1.29 is 4.79 Å². The lowest BCUT2D eigenvalue weighted by Gasteiger charge is -2.04. The first-order valence-corrected chi connectivity index (χ1v) is 5.41. The van der Waals surface area contributed by atoms with Gasteiger partial charge in [0.1, 0.15) is 5.69 Å². The first kappa shape index (κ1) is 12.0. The summed E-state index contributed by atoms with van der Waals surface area (Å²) in [5.41, 5.74) is 2.55. The molecular weight excluding hydrogens is 234 g/mol. The molecule has 0 saturated carbocycles. The Kier molecular flexibility index (Phi) is 3.22. The fourth-order valence-corrected chi connectivity index (χ4v) is 1.56. The van der Waals surface area contributed by atoms with E-state index in [1.54, 1.807) is 0 Å². The fourth-order valence-electron chi connectivity index (χ4n) is 1.56. The van der Waals surface area contributed by atoms with Crippen molar-refractivity contribution in [3.8, 4) is 0 Å². The van der Waals surface area contributed by atoms with Crippen molar-refractivity contribution in [2.75, 3.05) is 0 Å². The number of carbonyl (C=O) groups excluding carboxylic acids is 1. The fraction of sp³-hybridized carbons (Fsp3) is 0.273. The standard InChI is InChI=1S/C11H13N5O2/c1-6-8(7(2)16-15-6)3-14-11(18)9-4-13-10(17)5-12-9/h4-5H,3H2,1-2H3,(H,13,17)(H,14,18)(H,15,16). The molecule has 3 N–H and O–H groups in total. The highest BCUT2D eigenvalue weighted by Gasteiger charge is 2.10. The zero-order valence-electron chi connectivity index (χ0n) is 10.1. The minimum absolute atomic E-state index is 0.174. The van der Waals surface area contributed by atoms with Crippen molar-refractivity contribution in [2.45, 2.75) is 20.4 Å². The quantitative estimate of drug-likeness (QED) is 0.712. The maximum Gasteiger partial charge on any atom is 0.271 e. The summed E-state index contributed by atoms with van der Waals surface area (Å²) >= 11 is 0. The number of hydrogen-bond acceptors (Lipinski definition) is 4. The van der Waals surface area contributed by atoms with E-state index >= 15 is 0 Å². The number of nitrogens with one attached hydrogen (secondary N) is 3. The molecule has 94 valence electrons. The van der Waals surface area contributed by atoms with E-state index in [4.69, 9.17) is 0 Å². The molecule has 0 bridgehead atoms. The molecule has 2 aromatic rings. The molecule has 0 atom stereocenters. The highest BCUT2D eigenvalue weighted by Crippen LogP contribution is 2.08. The molecule has 0 aromatic carbocycles. The van der Waals surface area contributed by atoms with E-state index in [1.165, 1.54) is 6.20 Å². The molecule has 7 nitrogen and oxygen atoms in total. The molecule has 2 rings (SSSR count). The van der Waals surface area contributed by atoms with Gasteiger partial charge in [0.2, 0.25) is 0 Å². The number of hydrogen-bond donors (Lipinski definition) is 3. The van der Waals surface area contributed by atoms with Crippen LogP contribution in [0.25, 0.3) is 0 Å². The number of carbonyl (C=O) groups is 1. The Balaban J connectivity index is 2.05. The van der Waals surface area contributed by atoms with E-state index in [0.29, 0.717) is 6.54 Å². The number of aromatic nitrogens is 4. The smallest absolute Gasteiger partial charge is 0.271 e. The molecule has 0 spiro atoms. The van der Waals surface area contributed by atoms with Gasteiger partial charge in [-0.2, -0.15) is 5.10 Å². The van der Waals surface area contributed by atoms with Crippen molar-refractivity contribution >= 4 is 5.91 Å². The van der Waals surface area contributed by atoms with Gasteiger partial charge in [0.25, 0.3) is 11.5 Å². The van der Waals surface area contributed by atoms with E-state index in [2.05, 4.69) is 25.5 Å². The molecule has 0 aliphatic carbocycles. The van der Waals surface area contributed by atoms with Crippen LogP contribution in [0, 0.1) is 13.8 Å². The predicted molar refractivity (Wildman–Crippen MR) is 64.1 cm³/mol. The summed E-state index contributed by atoms with van der Waals surface area (Å²) in [5, 5.41) is 9.60. The van der Waals surface area contributed by atoms with Crippen molar-refractivity contribution in [3.63, 3.8) is 0 Å². The van der Waals surface area contributed by atoms with Gasteiger partial charge in [-0.15, -0.1) is 0 Å². The molecule has 0 aliphatic rings. The predicted octanol–water partition coefficient (Wildman–Crippen LogP) is 0.0398. The van der Waals surface area contributed by atoms with Crippen molar-refractivity contribution in [1.82, 2.24) is 25.5 Å². The molecule has 2 heterocycles. The van der Waals surface area contributed by atoms with Gasteiger partial charge < -0.3 is 10.3 Å². The Morgan fingerprint density at radius 1 is 1.44 bits per heavy atom. The van der Waals surface area contributed by atoms with Crippen LogP contribution in [0.5, 0.6) is 0 Å². The maximum absolute atomic E-state index is 11.7. The van der Waals surface area contributed by atoms with E-state index < -0.39 is 0 Å². The Hall–Kier alpha value is -2.44. The summed E-state index contributed by atoms with van der Waals surface area (Å²) < 4.78 is 0. The Morgan fingerprint density at radius 2 is 2.22 bits per heavy atom. The monoisotopic (exact) mass is 247 g/mol. The van der Waals surface area contributed by atoms with Crippen LogP contribution in [0.1, 0.15) is 27.4 Å². The number of amides is 1. The molecule has 0 saturated heterocycles. The third-order valence-corrected chi connectivity index (χ3v) is 2.61. The lowest BCUT2D eigenvalue weighted by molar-refractivity contribution is 0.0945. The van der Waals surface area contributed by atoms with Crippen LogP contribution in [0.15, 0.2) is 17.2 Å². The topological polar surface area (TPSA) is 104 Å². The Bertz CT molecular complexity index is 589. The van der Waals surface area contributed by atoms with Crippen molar-refractivity contribution in [2.24, 2.45) is 0 Å². The number of aromatic amines is 2. The number of aryl methyl sites for hydroxylation is 2. The van der Waals surface area contributed by atoms with Gasteiger partial charge in [0.15, 0.2) is 0 Å². The van der Waals surface area contributed by atoms with Gasteiger partial charge in [0.05, 0.1) is 11.9 Å². The number of rotatable bonds is 3. The summed E-state index contributed by atoms with van der Waals surface area (Å²) in [6.45, 7) is 4.12. The molecule has 18 heavy (non-hydrogen) atoms. The minimum atomic E-state index is -0.341. The van der Waals surface area contributed by atoms with Crippen LogP contribution < -0.4 is 10.9 Å². The van der Waals surface area contributed by atoms with E-state index in [0.717, 1.165) is 23.1 Å². The number of nitrogens with zero attached hydrogens (tertiary/aromatic N) is 2. The molecular formula is C11H13N5O2. The lowest BCUT2D eigenvalue weighted by Crippen LogP contribution is -2.25. The molecule has 7 heteroatoms. The first-order valence-electron chi connectivity index (χ1n) is 5.41. The van der Waals surface area contributed by atoms with Crippen LogP contribution >= 0.6 is 0 Å². The second kappa shape index (κ2) is 4.82. The second-order valence-electron chi connectivity index (χ2n) is 3.89. The van der Waals surface area contributed by atoms with Crippen LogP contribution in [-0.2, 0) is 6.54 Å². The van der Waals surface area contributed by atoms with E-state index in [1.807, 2.05) is 13.8 Å². The SMILES string of the molecule is Cc1n[nH]c(C)c1CNC(=O)c1c[nH]c(=O)cn1. The maximum atomic E-state index is 11.7. The van der Waals surface area contributed by atoms with E-state index in [9.17, 15) is 9.59 Å². The van der Waals surface area contributed by atoms with Crippen LogP contribution in [0.3, 0.4) is 0 Å². The van der Waals surface area contributed by atoms with Crippen molar-refractivity contribution in [1.29, 1.82) is 0 Å². The summed E-state index contributed by atoms with van der Waals surface area (Å²) in [6.07, 6.45) is 2.36. The summed E-state index contributed by atoms with van der Waals surface area (Å²) in [5.74, 6) is -0.341. The summed E-state index contributed by atoms with van der Waals surface area (Å²) in [4.78, 5) is 28.7. The first-order chi connectivity index (χ1) is 8.58. The molecule has 1 amide bonds. The van der Waals surface area contributed by atoms with Crippen molar-refractivity contribution in [3.05, 3.63) is 45.4 Å². The Labute approximate surface area is 103 Å². The largest absolute Gasteiger partial charge is 0.346 e. The third-order valence-electron chi connectivity index (χ3n) is 2.61. The van der Waals surface area contributed by atoms with Crippen LogP contribution in [-0.4, -0.2) is 26.1 Å². The Morgan fingerprint density at radius 3 is 2.78 bits per heavy atom. The summed E-state index contributed by atoms with van der Waals surface area (Å²) in [6, 6.07) is 0. The second-order valence-corrected chi connectivity index (χ2v) is 3.89. The van der Waals surface area contributed by atoms with Gasteiger partial charge in [-0.3, -0.25) is 14.7 Å². The molecule has 2 aromatic heterocycles. The van der Waals surface area contributed by atoms with Crippen LogP contribution in [0.4, 0.5) is 0 Å². The zero-order valence-corrected chi connectivity index (χ0v) is 10.1. The van der Waals surface area contributed by atoms with Gasteiger partial charge >= 0.3 is 0 Å². The van der Waals surface area contributed by atoms with Crippen LogP contribution in [0.2, 0.25) is 0 Å². The average Bonchev–Trinajstić information content (AvgIpc) is 2.67. The minimum Gasteiger partial charge on any atom is -0.346 e. The molecule has 0 radical (unpaired) electrons. The highest BCUT2D eigenvalue weighted by molar-refractivity contribution is 5.91.